The number of anilines is 1. The van der Waals surface area contributed by atoms with E-state index in [1.807, 2.05) is 19.1 Å². The normalized spacial score (nSPS) is 11.4. The average Bonchev–Trinajstić information content (AvgIpc) is 2.43. The van der Waals surface area contributed by atoms with E-state index in [-0.39, 0.29) is 10.6 Å². The second-order valence-corrected chi connectivity index (χ2v) is 7.20. The summed E-state index contributed by atoms with van der Waals surface area (Å²) in [5.74, 6) is 0.805. The van der Waals surface area contributed by atoms with Crippen LogP contribution < -0.4 is 15.2 Å². The predicted octanol–water partition coefficient (Wildman–Crippen LogP) is 3.04. The predicted molar refractivity (Wildman–Crippen MR) is 86.1 cm³/mol. The second-order valence-electron chi connectivity index (χ2n) is 4.43. The monoisotopic (exact) mass is 370 g/mol. The highest BCUT2D eigenvalue weighted by Gasteiger charge is 2.19. The van der Waals surface area contributed by atoms with Crippen molar-refractivity contribution in [2.45, 2.75) is 11.8 Å². The first-order chi connectivity index (χ1) is 9.83. The van der Waals surface area contributed by atoms with Crippen LogP contribution in [0.25, 0.3) is 0 Å². The highest BCUT2D eigenvalue weighted by atomic mass is 79.9. The van der Waals surface area contributed by atoms with Crippen LogP contribution in [0.3, 0.4) is 0 Å². The third-order valence-corrected chi connectivity index (χ3v) is 4.81. The van der Waals surface area contributed by atoms with Gasteiger partial charge in [0.1, 0.15) is 16.4 Å². The Morgan fingerprint density at radius 3 is 2.43 bits per heavy atom. The lowest BCUT2D eigenvalue weighted by molar-refractivity contribution is 0.463. The number of hydrogen-bond acceptors (Lipinski definition) is 4. The number of benzene rings is 2. The molecule has 7 heteroatoms. The minimum Gasteiger partial charge on any atom is -0.456 e. The molecule has 0 heterocycles. The smallest absolute Gasteiger partial charge is 0.244 e. The van der Waals surface area contributed by atoms with Gasteiger partial charge in [0.05, 0.1) is 0 Å². The zero-order valence-electron chi connectivity index (χ0n) is 11.6. The van der Waals surface area contributed by atoms with E-state index in [1.54, 1.807) is 18.2 Å². The van der Waals surface area contributed by atoms with Crippen molar-refractivity contribution < 1.29 is 13.2 Å². The number of rotatable bonds is 4. The maximum Gasteiger partial charge on any atom is 0.244 e. The molecule has 2 aromatic rings. The number of hydrogen-bond donors (Lipinski definition) is 2. The Morgan fingerprint density at radius 1 is 1.14 bits per heavy atom. The van der Waals surface area contributed by atoms with Gasteiger partial charge in [-0.3, -0.25) is 0 Å². The molecule has 0 radical (unpaired) electrons. The Morgan fingerprint density at radius 2 is 1.81 bits per heavy atom. The molecular formula is C14H15BrN2O3S. The van der Waals surface area contributed by atoms with E-state index in [4.69, 9.17) is 10.5 Å². The number of nitrogen functional groups attached to an aromatic ring is 1. The van der Waals surface area contributed by atoms with Gasteiger partial charge in [0, 0.05) is 10.2 Å². The molecule has 0 unspecified atom stereocenters. The van der Waals surface area contributed by atoms with Crippen molar-refractivity contribution in [1.29, 1.82) is 0 Å². The van der Waals surface area contributed by atoms with E-state index in [2.05, 4.69) is 20.7 Å². The molecule has 0 saturated carbocycles. The Bertz CT molecular complexity index is 776. The fourth-order valence-electron chi connectivity index (χ4n) is 1.77. The molecule has 0 aromatic heterocycles. The fraction of sp³-hybridized carbons (Fsp3) is 0.143. The number of nitrogens with two attached hydrogens (primary N) is 1. The Balaban J connectivity index is 2.50. The van der Waals surface area contributed by atoms with Crippen LogP contribution in [0.4, 0.5) is 5.69 Å². The highest BCUT2D eigenvalue weighted by molar-refractivity contribution is 9.10. The summed E-state index contributed by atoms with van der Waals surface area (Å²) in [6, 6.07) is 9.99. The van der Waals surface area contributed by atoms with Gasteiger partial charge in [-0.2, -0.15) is 0 Å². The van der Waals surface area contributed by atoms with Crippen LogP contribution in [-0.2, 0) is 10.0 Å². The van der Waals surface area contributed by atoms with Crippen LogP contribution in [0.15, 0.2) is 45.8 Å². The molecule has 0 aliphatic carbocycles. The minimum atomic E-state index is -3.66. The lowest BCUT2D eigenvalue weighted by atomic mass is 10.2. The fourth-order valence-corrected chi connectivity index (χ4v) is 3.14. The van der Waals surface area contributed by atoms with Crippen LogP contribution in [0.5, 0.6) is 11.5 Å². The van der Waals surface area contributed by atoms with E-state index in [0.717, 1.165) is 10.0 Å². The average molecular weight is 371 g/mol. The Labute approximate surface area is 132 Å². The van der Waals surface area contributed by atoms with Gasteiger partial charge in [-0.1, -0.05) is 15.9 Å². The minimum absolute atomic E-state index is 0.00678. The zero-order chi connectivity index (χ0) is 15.6. The highest BCUT2D eigenvalue weighted by Crippen LogP contribution is 2.32. The Hall–Kier alpha value is -1.57. The summed E-state index contributed by atoms with van der Waals surface area (Å²) < 4.78 is 33.0. The summed E-state index contributed by atoms with van der Waals surface area (Å²) in [7, 11) is -2.32. The number of sulfonamides is 1. The lowest BCUT2D eigenvalue weighted by Crippen LogP contribution is -2.19. The standard InChI is InChI=1S/C14H15BrN2O3S/c1-9-7-10(15)3-5-12(9)20-13-6-4-11(16)8-14(13)21(18,19)17-2/h3-8,17H,16H2,1-2H3. The summed E-state index contributed by atoms with van der Waals surface area (Å²) >= 11 is 3.37. The molecule has 3 N–H and O–H groups in total. The van der Waals surface area contributed by atoms with E-state index in [9.17, 15) is 8.42 Å². The molecule has 0 saturated heterocycles. The largest absolute Gasteiger partial charge is 0.456 e. The van der Waals surface area contributed by atoms with Gasteiger partial charge in [-0.05, 0) is 55.9 Å². The third-order valence-electron chi connectivity index (χ3n) is 2.88. The Kier molecular flexibility index (Phi) is 4.55. The lowest BCUT2D eigenvalue weighted by Gasteiger charge is -2.13. The SMILES string of the molecule is CNS(=O)(=O)c1cc(N)ccc1Oc1ccc(Br)cc1C. The van der Waals surface area contributed by atoms with Gasteiger partial charge in [0.15, 0.2) is 0 Å². The molecule has 112 valence electrons. The van der Waals surface area contributed by atoms with Gasteiger partial charge in [-0.15, -0.1) is 0 Å². The zero-order valence-corrected chi connectivity index (χ0v) is 14.0. The van der Waals surface area contributed by atoms with Crippen molar-refractivity contribution >= 4 is 31.6 Å². The second kappa shape index (κ2) is 6.05. The topological polar surface area (TPSA) is 81.4 Å². The molecular weight excluding hydrogens is 356 g/mol. The van der Waals surface area contributed by atoms with E-state index >= 15 is 0 Å². The molecule has 0 amide bonds. The molecule has 0 atom stereocenters. The molecule has 0 bridgehead atoms. The molecule has 5 nitrogen and oxygen atoms in total. The van der Waals surface area contributed by atoms with Crippen LogP contribution in [0, 0.1) is 6.92 Å². The van der Waals surface area contributed by atoms with Gasteiger partial charge in [-0.25, -0.2) is 13.1 Å². The van der Waals surface area contributed by atoms with Crippen molar-refractivity contribution in [2.24, 2.45) is 0 Å². The molecule has 21 heavy (non-hydrogen) atoms. The van der Waals surface area contributed by atoms with Crippen molar-refractivity contribution in [3.8, 4) is 11.5 Å². The van der Waals surface area contributed by atoms with E-state index in [1.165, 1.54) is 13.1 Å². The summed E-state index contributed by atoms with van der Waals surface area (Å²) in [5, 5.41) is 0. The van der Waals surface area contributed by atoms with Gasteiger partial charge in [0.25, 0.3) is 0 Å². The first-order valence-corrected chi connectivity index (χ1v) is 8.38. The van der Waals surface area contributed by atoms with E-state index < -0.39 is 10.0 Å². The van der Waals surface area contributed by atoms with Gasteiger partial charge in [0.2, 0.25) is 10.0 Å². The molecule has 2 aromatic carbocycles. The van der Waals surface area contributed by atoms with Crippen LogP contribution in [0.1, 0.15) is 5.56 Å². The number of ether oxygens (including phenoxy) is 1. The van der Waals surface area contributed by atoms with Gasteiger partial charge < -0.3 is 10.5 Å². The first kappa shape index (κ1) is 15.8. The van der Waals surface area contributed by atoms with Crippen molar-refractivity contribution in [2.75, 3.05) is 12.8 Å². The summed E-state index contributed by atoms with van der Waals surface area (Å²) in [4.78, 5) is 0.00678. The van der Waals surface area contributed by atoms with Crippen LogP contribution in [-0.4, -0.2) is 15.5 Å². The maximum atomic E-state index is 12.0. The van der Waals surface area contributed by atoms with Crippen molar-refractivity contribution in [1.82, 2.24) is 4.72 Å². The first-order valence-electron chi connectivity index (χ1n) is 6.10. The number of aryl methyl sites for hydroxylation is 1. The van der Waals surface area contributed by atoms with Gasteiger partial charge >= 0.3 is 0 Å². The molecule has 0 aliphatic rings. The molecule has 0 spiro atoms. The summed E-state index contributed by atoms with van der Waals surface area (Å²) in [6.07, 6.45) is 0. The van der Waals surface area contributed by atoms with Crippen LogP contribution >= 0.6 is 15.9 Å². The van der Waals surface area contributed by atoms with Crippen molar-refractivity contribution in [3.63, 3.8) is 0 Å². The summed E-state index contributed by atoms with van der Waals surface area (Å²) in [5.41, 5.74) is 6.90. The third kappa shape index (κ3) is 3.55. The van der Waals surface area contributed by atoms with Crippen LogP contribution in [0.2, 0.25) is 0 Å². The maximum absolute atomic E-state index is 12.0. The molecule has 0 fully saturated rings. The molecule has 0 aliphatic heterocycles. The van der Waals surface area contributed by atoms with Crippen molar-refractivity contribution in [3.05, 3.63) is 46.4 Å². The molecule has 2 rings (SSSR count). The van der Waals surface area contributed by atoms with E-state index in [0.29, 0.717) is 11.4 Å². The summed E-state index contributed by atoms with van der Waals surface area (Å²) in [6.45, 7) is 1.88. The number of nitrogens with one attached hydrogen (secondary N) is 1. The number of halogens is 1. The quantitative estimate of drug-likeness (QED) is 0.810.